The number of aliphatic imine (C=N–C) groups is 1. The summed E-state index contributed by atoms with van der Waals surface area (Å²) in [6, 6.07) is 7.03. The largest absolute Gasteiger partial charge is 0.507 e. The third kappa shape index (κ3) is 4.27. The quantitative estimate of drug-likeness (QED) is 0.500. The van der Waals surface area contributed by atoms with E-state index >= 15 is 0 Å². The Morgan fingerprint density at radius 3 is 2.38 bits per heavy atom. The molecule has 2 aliphatic rings. The lowest BCUT2D eigenvalue weighted by atomic mass is 9.73. The van der Waals surface area contributed by atoms with Gasteiger partial charge in [-0.15, -0.1) is 0 Å². The highest BCUT2D eigenvalue weighted by Gasteiger charge is 2.60. The molecule has 0 saturated carbocycles. The predicted molar refractivity (Wildman–Crippen MR) is 137 cm³/mol. The third-order valence-electron chi connectivity index (χ3n) is 6.71. The van der Waals surface area contributed by atoms with Crippen LogP contribution in [0.15, 0.2) is 40.6 Å². The van der Waals surface area contributed by atoms with Crippen LogP contribution in [0.25, 0.3) is 0 Å². The number of methoxy groups -OCH3 is 4. The van der Waals surface area contributed by atoms with Crippen molar-refractivity contribution in [2.75, 3.05) is 35.0 Å². The molecule has 4 rings (SSSR count). The standard InChI is InChI=1S/C27H28ClNO8/c1-14-10-17(30)16(13-29-9-8-15-6-7-18(33-2)19(11-15)34-3)25(31)27(14)26(32)22-20(35-4)12-21(36-5)23(28)24(22)37-27/h6-7,11-14,31H,8-10H2,1-5H3/t14-,27+/m1/s1. The molecule has 0 saturated heterocycles. The summed E-state index contributed by atoms with van der Waals surface area (Å²) in [6.45, 7) is 1.99. The van der Waals surface area contributed by atoms with Gasteiger partial charge in [-0.25, -0.2) is 0 Å². The molecular weight excluding hydrogens is 502 g/mol. The van der Waals surface area contributed by atoms with Gasteiger partial charge in [0, 0.05) is 31.2 Å². The number of carbonyl (C=O) groups is 2. The van der Waals surface area contributed by atoms with Gasteiger partial charge in [-0.1, -0.05) is 24.6 Å². The van der Waals surface area contributed by atoms with Crippen molar-refractivity contribution in [3.05, 3.63) is 51.7 Å². The Bertz CT molecular complexity index is 1320. The lowest BCUT2D eigenvalue weighted by Gasteiger charge is -2.36. The maximum absolute atomic E-state index is 13.7. The molecule has 10 heteroatoms. The average Bonchev–Trinajstić information content (AvgIpc) is 3.22. The predicted octanol–water partition coefficient (Wildman–Crippen LogP) is 4.42. The van der Waals surface area contributed by atoms with Crippen molar-refractivity contribution in [2.45, 2.75) is 25.4 Å². The van der Waals surface area contributed by atoms with Crippen molar-refractivity contribution < 1.29 is 38.4 Å². The molecule has 196 valence electrons. The van der Waals surface area contributed by atoms with Crippen molar-refractivity contribution in [1.82, 2.24) is 0 Å². The zero-order valence-corrected chi connectivity index (χ0v) is 22.0. The maximum Gasteiger partial charge on any atom is 0.231 e. The molecule has 9 nitrogen and oxygen atoms in total. The number of allylic oxidation sites excluding steroid dienone is 1. The van der Waals surface area contributed by atoms with E-state index in [9.17, 15) is 14.7 Å². The summed E-state index contributed by atoms with van der Waals surface area (Å²) in [5.41, 5.74) is -0.863. The highest BCUT2D eigenvalue weighted by molar-refractivity contribution is 6.35. The lowest BCUT2D eigenvalue weighted by molar-refractivity contribution is -0.118. The molecule has 0 fully saturated rings. The molecule has 2 aromatic carbocycles. The van der Waals surface area contributed by atoms with E-state index in [0.717, 1.165) is 5.56 Å². The third-order valence-corrected chi connectivity index (χ3v) is 7.07. The second-order valence-electron chi connectivity index (χ2n) is 8.73. The van der Waals surface area contributed by atoms with E-state index in [2.05, 4.69) is 4.99 Å². The number of carbonyl (C=O) groups excluding carboxylic acids is 2. The van der Waals surface area contributed by atoms with E-state index < -0.39 is 23.1 Å². The van der Waals surface area contributed by atoms with Crippen molar-refractivity contribution in [1.29, 1.82) is 0 Å². The smallest absolute Gasteiger partial charge is 0.231 e. The van der Waals surface area contributed by atoms with Crippen LogP contribution in [-0.4, -0.2) is 63.5 Å². The fourth-order valence-corrected chi connectivity index (χ4v) is 4.96. The highest BCUT2D eigenvalue weighted by Crippen LogP contribution is 2.54. The Morgan fingerprint density at radius 1 is 1.05 bits per heavy atom. The molecule has 37 heavy (non-hydrogen) atoms. The molecule has 0 aromatic heterocycles. The van der Waals surface area contributed by atoms with E-state index in [4.69, 9.17) is 35.3 Å². The molecule has 0 bridgehead atoms. The van der Waals surface area contributed by atoms with Crippen molar-refractivity contribution in [3.8, 4) is 28.7 Å². The van der Waals surface area contributed by atoms with Gasteiger partial charge in [-0.3, -0.25) is 14.6 Å². The topological polar surface area (TPSA) is 113 Å². The number of fused-ring (bicyclic) bond motifs is 1. The molecule has 2 aromatic rings. The molecule has 0 unspecified atom stereocenters. The minimum Gasteiger partial charge on any atom is -0.507 e. The van der Waals surface area contributed by atoms with Crippen LogP contribution < -0.4 is 23.7 Å². The van der Waals surface area contributed by atoms with Crippen LogP contribution in [0.2, 0.25) is 5.02 Å². The van der Waals surface area contributed by atoms with Gasteiger partial charge < -0.3 is 28.8 Å². The average molecular weight is 530 g/mol. The highest BCUT2D eigenvalue weighted by atomic mass is 35.5. The number of halogens is 1. The number of benzene rings is 2. The Labute approximate surface area is 219 Å². The van der Waals surface area contributed by atoms with Gasteiger partial charge >= 0.3 is 0 Å². The van der Waals surface area contributed by atoms with E-state index in [1.54, 1.807) is 27.2 Å². The van der Waals surface area contributed by atoms with Crippen LogP contribution in [0.1, 0.15) is 29.3 Å². The van der Waals surface area contributed by atoms with Crippen LogP contribution in [0.5, 0.6) is 28.7 Å². The van der Waals surface area contributed by atoms with Crippen LogP contribution in [-0.2, 0) is 11.2 Å². The molecule has 1 N–H and O–H groups in total. The second kappa shape index (κ2) is 10.3. The van der Waals surface area contributed by atoms with Crippen LogP contribution in [0, 0.1) is 5.92 Å². The zero-order chi connectivity index (χ0) is 26.9. The first-order chi connectivity index (χ1) is 17.7. The number of rotatable bonds is 8. The molecule has 1 aliphatic heterocycles. The Balaban J connectivity index is 1.65. The summed E-state index contributed by atoms with van der Waals surface area (Å²) < 4.78 is 27.3. The fraction of sp³-hybridized carbons (Fsp3) is 0.370. The number of Topliss-reactive ketones (excluding diaryl/α,β-unsaturated/α-hetero) is 2. The van der Waals surface area contributed by atoms with Gasteiger partial charge in [0.05, 0.1) is 34.0 Å². The maximum atomic E-state index is 13.7. The van der Waals surface area contributed by atoms with E-state index in [1.807, 2.05) is 12.1 Å². The summed E-state index contributed by atoms with van der Waals surface area (Å²) >= 11 is 6.45. The number of hydrogen-bond acceptors (Lipinski definition) is 9. The van der Waals surface area contributed by atoms with Gasteiger partial charge in [0.15, 0.2) is 28.8 Å². The first kappa shape index (κ1) is 26.3. The first-order valence-electron chi connectivity index (χ1n) is 11.6. The number of aliphatic hydroxyl groups excluding tert-OH is 1. The summed E-state index contributed by atoms with van der Waals surface area (Å²) in [4.78, 5) is 30.9. The molecule has 1 aliphatic carbocycles. The number of ketones is 2. The molecule has 1 spiro atoms. The summed E-state index contributed by atoms with van der Waals surface area (Å²) in [6.07, 6.45) is 1.82. The van der Waals surface area contributed by atoms with Crippen molar-refractivity contribution in [3.63, 3.8) is 0 Å². The second-order valence-corrected chi connectivity index (χ2v) is 9.11. The summed E-state index contributed by atoms with van der Waals surface area (Å²) in [5, 5.41) is 11.4. The van der Waals surface area contributed by atoms with E-state index in [1.165, 1.54) is 26.5 Å². The number of hydrogen-bond donors (Lipinski definition) is 1. The van der Waals surface area contributed by atoms with Crippen molar-refractivity contribution >= 4 is 29.4 Å². The molecule has 0 radical (unpaired) electrons. The molecular formula is C27H28ClNO8. The Hall–Kier alpha value is -3.72. The van der Waals surface area contributed by atoms with E-state index in [-0.39, 0.29) is 45.6 Å². The monoisotopic (exact) mass is 529 g/mol. The van der Waals surface area contributed by atoms with Gasteiger partial charge in [-0.2, -0.15) is 0 Å². The van der Waals surface area contributed by atoms with Gasteiger partial charge in [-0.05, 0) is 24.1 Å². The normalized spacial score (nSPS) is 20.9. The zero-order valence-electron chi connectivity index (χ0n) is 21.2. The van der Waals surface area contributed by atoms with Crippen LogP contribution in [0.3, 0.4) is 0 Å². The molecule has 0 amide bonds. The Morgan fingerprint density at radius 2 is 1.73 bits per heavy atom. The molecule has 2 atom stereocenters. The van der Waals surface area contributed by atoms with Gasteiger partial charge in [0.2, 0.25) is 11.4 Å². The SMILES string of the molecule is COc1ccc(CCN=CC2=C(O)[C@@]3(Oc4c(Cl)c(OC)cc(OC)c4C3=O)[C@H](C)CC2=O)cc1OC. The summed E-state index contributed by atoms with van der Waals surface area (Å²) in [5.74, 6) is -0.341. The fourth-order valence-electron chi connectivity index (χ4n) is 4.70. The van der Waals surface area contributed by atoms with Gasteiger partial charge in [0.1, 0.15) is 22.1 Å². The van der Waals surface area contributed by atoms with Crippen LogP contribution >= 0.6 is 11.6 Å². The van der Waals surface area contributed by atoms with Gasteiger partial charge in [0.25, 0.3) is 0 Å². The number of ether oxygens (including phenoxy) is 5. The molecule has 1 heterocycles. The minimum absolute atomic E-state index is 0.0299. The summed E-state index contributed by atoms with van der Waals surface area (Å²) in [7, 11) is 5.95. The Kier molecular flexibility index (Phi) is 7.36. The number of nitrogens with zero attached hydrogens (tertiary/aromatic N) is 1. The first-order valence-corrected chi connectivity index (χ1v) is 12.0. The lowest BCUT2D eigenvalue weighted by Crippen LogP contribution is -2.52. The number of aliphatic hydroxyl groups is 1. The van der Waals surface area contributed by atoms with Crippen LogP contribution in [0.4, 0.5) is 0 Å². The van der Waals surface area contributed by atoms with Crippen molar-refractivity contribution in [2.24, 2.45) is 10.9 Å². The van der Waals surface area contributed by atoms with E-state index in [0.29, 0.717) is 24.5 Å². The minimum atomic E-state index is -1.83.